The molecule has 0 bridgehead atoms. The Morgan fingerprint density at radius 1 is 1.33 bits per heavy atom. The van der Waals surface area contributed by atoms with Gasteiger partial charge in [-0.3, -0.25) is 0 Å². The van der Waals surface area contributed by atoms with Crippen LogP contribution in [0.25, 0.3) is 0 Å². The summed E-state index contributed by atoms with van der Waals surface area (Å²) in [5.41, 5.74) is 0.648. The van der Waals surface area contributed by atoms with Crippen LogP contribution in [-0.4, -0.2) is 17.8 Å². The van der Waals surface area contributed by atoms with Gasteiger partial charge in [-0.1, -0.05) is 0 Å². The number of nitrogens with zero attached hydrogens (tertiary/aromatic N) is 1. The standard InChI is InChI=1S/C13H12BrF3N2O2/c1-8(10-3-4-11(14)21-10)19-9-2-5-12(18-6-9)20-7-13(15,16)17/h2-6,8,19H,7H2,1H3. The first-order chi connectivity index (χ1) is 9.83. The fraction of sp³-hybridized carbons (Fsp3) is 0.308. The molecule has 0 radical (unpaired) electrons. The molecule has 8 heteroatoms. The quantitative estimate of drug-likeness (QED) is 0.845. The van der Waals surface area contributed by atoms with Gasteiger partial charge in [-0.05, 0) is 41.1 Å². The fourth-order valence-corrected chi connectivity index (χ4v) is 1.91. The number of halogens is 4. The molecule has 0 saturated heterocycles. The molecule has 0 aliphatic carbocycles. The van der Waals surface area contributed by atoms with Gasteiger partial charge in [0.05, 0.1) is 17.9 Å². The Labute approximate surface area is 127 Å². The van der Waals surface area contributed by atoms with Gasteiger partial charge in [0.1, 0.15) is 5.76 Å². The van der Waals surface area contributed by atoms with Crippen molar-refractivity contribution < 1.29 is 22.3 Å². The molecule has 0 aliphatic heterocycles. The fourth-order valence-electron chi connectivity index (χ4n) is 1.59. The van der Waals surface area contributed by atoms with Crippen molar-refractivity contribution in [3.05, 3.63) is 40.9 Å². The molecule has 2 aromatic rings. The van der Waals surface area contributed by atoms with Crippen molar-refractivity contribution in [2.75, 3.05) is 11.9 Å². The molecule has 2 heterocycles. The number of hydrogen-bond donors (Lipinski definition) is 1. The lowest BCUT2D eigenvalue weighted by molar-refractivity contribution is -0.154. The summed E-state index contributed by atoms with van der Waals surface area (Å²) in [5.74, 6) is 0.644. The van der Waals surface area contributed by atoms with E-state index in [1.165, 1.54) is 12.3 Å². The second kappa shape index (κ2) is 6.38. The SMILES string of the molecule is CC(Nc1ccc(OCC(F)(F)F)nc1)c1ccc(Br)o1. The smallest absolute Gasteiger partial charge is 0.422 e. The molecule has 0 fully saturated rings. The highest BCUT2D eigenvalue weighted by molar-refractivity contribution is 9.10. The highest BCUT2D eigenvalue weighted by atomic mass is 79.9. The van der Waals surface area contributed by atoms with E-state index in [1.807, 2.05) is 13.0 Å². The van der Waals surface area contributed by atoms with E-state index in [9.17, 15) is 13.2 Å². The van der Waals surface area contributed by atoms with Crippen molar-refractivity contribution in [1.29, 1.82) is 0 Å². The minimum atomic E-state index is -4.38. The normalized spacial score (nSPS) is 13.0. The predicted octanol–water partition coefficient (Wildman–Crippen LogP) is 4.55. The van der Waals surface area contributed by atoms with Crippen LogP contribution in [0.4, 0.5) is 18.9 Å². The van der Waals surface area contributed by atoms with E-state index in [0.29, 0.717) is 10.4 Å². The van der Waals surface area contributed by atoms with Crippen LogP contribution in [0.5, 0.6) is 5.88 Å². The molecule has 2 rings (SSSR count). The van der Waals surface area contributed by atoms with Crippen LogP contribution >= 0.6 is 15.9 Å². The molecular weight excluding hydrogens is 353 g/mol. The number of pyridine rings is 1. The minimum absolute atomic E-state index is 0.0775. The van der Waals surface area contributed by atoms with Crippen LogP contribution < -0.4 is 10.1 Å². The molecule has 0 spiro atoms. The van der Waals surface area contributed by atoms with E-state index >= 15 is 0 Å². The van der Waals surface area contributed by atoms with Gasteiger partial charge in [0.2, 0.25) is 5.88 Å². The van der Waals surface area contributed by atoms with Crippen LogP contribution in [0.2, 0.25) is 0 Å². The molecule has 0 saturated carbocycles. The zero-order valence-corrected chi connectivity index (χ0v) is 12.5. The molecule has 0 aromatic carbocycles. The maximum Gasteiger partial charge on any atom is 0.422 e. The zero-order chi connectivity index (χ0) is 15.5. The first-order valence-electron chi connectivity index (χ1n) is 6.01. The molecule has 114 valence electrons. The largest absolute Gasteiger partial charge is 0.468 e. The number of anilines is 1. The number of ether oxygens (including phenoxy) is 1. The van der Waals surface area contributed by atoms with Gasteiger partial charge in [-0.2, -0.15) is 13.2 Å². The lowest BCUT2D eigenvalue weighted by Gasteiger charge is -2.13. The summed E-state index contributed by atoms with van der Waals surface area (Å²) in [5, 5.41) is 3.12. The number of alkyl halides is 3. The minimum Gasteiger partial charge on any atom is -0.468 e. The number of furan rings is 1. The average molecular weight is 365 g/mol. The topological polar surface area (TPSA) is 47.3 Å². The van der Waals surface area contributed by atoms with Crippen LogP contribution in [0, 0.1) is 0 Å². The van der Waals surface area contributed by atoms with E-state index in [4.69, 9.17) is 4.42 Å². The summed E-state index contributed by atoms with van der Waals surface area (Å²) < 4.78 is 46.6. The second-order valence-electron chi connectivity index (χ2n) is 4.30. The maximum atomic E-state index is 12.0. The van der Waals surface area contributed by atoms with Crippen LogP contribution in [0.1, 0.15) is 18.7 Å². The van der Waals surface area contributed by atoms with Gasteiger partial charge < -0.3 is 14.5 Å². The Hall–Kier alpha value is -1.70. The maximum absolute atomic E-state index is 12.0. The van der Waals surface area contributed by atoms with Gasteiger partial charge in [0.25, 0.3) is 0 Å². The summed E-state index contributed by atoms with van der Waals surface area (Å²) in [6.07, 6.45) is -2.97. The van der Waals surface area contributed by atoms with E-state index < -0.39 is 12.8 Å². The van der Waals surface area contributed by atoms with Crippen LogP contribution in [0.3, 0.4) is 0 Å². The summed E-state index contributed by atoms with van der Waals surface area (Å²) in [7, 11) is 0. The Morgan fingerprint density at radius 3 is 2.62 bits per heavy atom. The van der Waals surface area contributed by atoms with E-state index in [0.717, 1.165) is 5.76 Å². The third-order valence-corrected chi connectivity index (χ3v) is 2.95. The Morgan fingerprint density at radius 2 is 2.10 bits per heavy atom. The Kier molecular flexibility index (Phi) is 4.76. The Balaban J connectivity index is 1.93. The monoisotopic (exact) mass is 364 g/mol. The van der Waals surface area contributed by atoms with Crippen LogP contribution in [-0.2, 0) is 0 Å². The van der Waals surface area contributed by atoms with Crippen molar-refractivity contribution in [1.82, 2.24) is 4.98 Å². The van der Waals surface area contributed by atoms with Crippen molar-refractivity contribution in [2.45, 2.75) is 19.1 Å². The molecule has 1 N–H and O–H groups in total. The summed E-state index contributed by atoms with van der Waals surface area (Å²) in [4.78, 5) is 3.81. The van der Waals surface area contributed by atoms with Gasteiger partial charge in [-0.25, -0.2) is 4.98 Å². The lowest BCUT2D eigenvalue weighted by Crippen LogP contribution is -2.19. The lowest BCUT2D eigenvalue weighted by atomic mass is 10.2. The van der Waals surface area contributed by atoms with Crippen molar-refractivity contribution in [3.63, 3.8) is 0 Å². The third-order valence-electron chi connectivity index (χ3n) is 2.52. The predicted molar refractivity (Wildman–Crippen MR) is 74.2 cm³/mol. The van der Waals surface area contributed by atoms with E-state index in [2.05, 4.69) is 31.0 Å². The third kappa shape index (κ3) is 4.96. The molecule has 2 aromatic heterocycles. The Bertz CT molecular complexity index is 584. The highest BCUT2D eigenvalue weighted by Crippen LogP contribution is 2.24. The molecule has 4 nitrogen and oxygen atoms in total. The van der Waals surface area contributed by atoms with Crippen molar-refractivity contribution in [2.24, 2.45) is 0 Å². The van der Waals surface area contributed by atoms with Gasteiger partial charge in [-0.15, -0.1) is 0 Å². The number of aromatic nitrogens is 1. The van der Waals surface area contributed by atoms with Gasteiger partial charge in [0, 0.05) is 6.07 Å². The van der Waals surface area contributed by atoms with Gasteiger partial charge >= 0.3 is 6.18 Å². The number of hydrogen-bond acceptors (Lipinski definition) is 4. The summed E-state index contributed by atoms with van der Waals surface area (Å²) >= 11 is 3.21. The number of rotatable bonds is 5. The molecular formula is C13H12BrF3N2O2. The summed E-state index contributed by atoms with van der Waals surface area (Å²) in [6.45, 7) is 0.531. The molecule has 0 aliphatic rings. The number of nitrogens with one attached hydrogen (secondary N) is 1. The molecule has 1 atom stereocenters. The first-order valence-corrected chi connectivity index (χ1v) is 6.80. The average Bonchev–Trinajstić information content (AvgIpc) is 2.84. The molecule has 21 heavy (non-hydrogen) atoms. The first kappa shape index (κ1) is 15.7. The zero-order valence-electron chi connectivity index (χ0n) is 10.9. The van der Waals surface area contributed by atoms with E-state index in [-0.39, 0.29) is 11.9 Å². The highest BCUT2D eigenvalue weighted by Gasteiger charge is 2.28. The second-order valence-corrected chi connectivity index (χ2v) is 5.08. The van der Waals surface area contributed by atoms with Crippen molar-refractivity contribution in [3.8, 4) is 5.88 Å². The summed E-state index contributed by atoms with van der Waals surface area (Å²) in [6, 6.07) is 6.45. The molecule has 0 amide bonds. The van der Waals surface area contributed by atoms with Crippen molar-refractivity contribution >= 4 is 21.6 Å². The van der Waals surface area contributed by atoms with Gasteiger partial charge in [0.15, 0.2) is 11.3 Å². The van der Waals surface area contributed by atoms with Crippen LogP contribution in [0.15, 0.2) is 39.5 Å². The van der Waals surface area contributed by atoms with E-state index in [1.54, 1.807) is 12.1 Å². The molecule has 1 unspecified atom stereocenters.